The molecule has 1 atom stereocenters. The lowest BCUT2D eigenvalue weighted by molar-refractivity contribution is -0.127. The lowest BCUT2D eigenvalue weighted by atomic mass is 10.1. The van der Waals surface area contributed by atoms with Gasteiger partial charge >= 0.3 is 0 Å². The molecule has 1 aliphatic heterocycles. The van der Waals surface area contributed by atoms with Crippen LogP contribution in [0.15, 0.2) is 42.9 Å². The zero-order valence-corrected chi connectivity index (χ0v) is 18.6. The number of nitrogens with zero attached hydrogens (tertiary/aromatic N) is 5. The molecule has 32 heavy (non-hydrogen) atoms. The number of piperazine rings is 1. The van der Waals surface area contributed by atoms with Gasteiger partial charge in [-0.1, -0.05) is 12.1 Å². The fraction of sp³-hybridized carbons (Fsp3) is 0.391. The molecule has 0 unspecified atom stereocenters. The molecule has 0 bridgehead atoms. The Labute approximate surface area is 187 Å². The molecule has 1 aliphatic rings. The molecule has 1 aromatic carbocycles. The first-order valence-electron chi connectivity index (χ1n) is 10.7. The standard InChI is InChI=1S/C23H28N6O3/c1-16-13-17(5-6-20(16)32-3)7-9-24-21(30)19-15-28(12-11-27(19)2)22(31)18-14-29-10-4-8-25-23(29)26-18/h4-6,8,10,13-14,19H,7,9,11-12,15H2,1-3H3,(H,24,30)/t19-/m0/s1. The van der Waals surface area contributed by atoms with Crippen LogP contribution < -0.4 is 10.1 Å². The molecule has 0 aliphatic carbocycles. The van der Waals surface area contributed by atoms with Gasteiger partial charge in [0, 0.05) is 44.8 Å². The van der Waals surface area contributed by atoms with E-state index < -0.39 is 6.04 Å². The summed E-state index contributed by atoms with van der Waals surface area (Å²) in [5, 5.41) is 3.02. The Hall–Kier alpha value is -3.46. The second-order valence-corrected chi connectivity index (χ2v) is 8.05. The Morgan fingerprint density at radius 3 is 2.88 bits per heavy atom. The lowest BCUT2D eigenvalue weighted by Crippen LogP contribution is -2.58. The molecular weight excluding hydrogens is 408 g/mol. The van der Waals surface area contributed by atoms with E-state index in [1.54, 1.807) is 41.1 Å². The number of carbonyl (C=O) groups is 2. The first-order valence-corrected chi connectivity index (χ1v) is 10.7. The van der Waals surface area contributed by atoms with Gasteiger partial charge in [0.25, 0.3) is 5.91 Å². The number of likely N-dealkylation sites (N-methyl/N-ethyl adjacent to an activating group) is 1. The molecule has 1 saturated heterocycles. The Bertz CT molecular complexity index is 1090. The third-order valence-corrected chi connectivity index (χ3v) is 5.86. The van der Waals surface area contributed by atoms with E-state index in [-0.39, 0.29) is 11.8 Å². The number of imidazole rings is 1. The van der Waals surface area contributed by atoms with Gasteiger partial charge in [0.1, 0.15) is 17.5 Å². The predicted octanol–water partition coefficient (Wildman–Crippen LogP) is 1.16. The number of aromatic nitrogens is 3. The Kier molecular flexibility index (Phi) is 6.36. The summed E-state index contributed by atoms with van der Waals surface area (Å²) >= 11 is 0. The van der Waals surface area contributed by atoms with Gasteiger partial charge in [-0.3, -0.25) is 18.9 Å². The minimum atomic E-state index is -0.402. The Morgan fingerprint density at radius 1 is 1.28 bits per heavy atom. The van der Waals surface area contributed by atoms with Gasteiger partial charge in [-0.15, -0.1) is 0 Å². The van der Waals surface area contributed by atoms with Gasteiger partial charge in [0.05, 0.1) is 7.11 Å². The maximum absolute atomic E-state index is 13.0. The molecule has 3 aromatic rings. The molecule has 0 spiro atoms. The van der Waals surface area contributed by atoms with E-state index in [0.717, 1.165) is 23.3 Å². The molecule has 2 aromatic heterocycles. The Morgan fingerprint density at radius 2 is 2.12 bits per heavy atom. The van der Waals surface area contributed by atoms with E-state index in [2.05, 4.69) is 21.4 Å². The smallest absolute Gasteiger partial charge is 0.274 e. The zero-order valence-electron chi connectivity index (χ0n) is 18.6. The molecule has 3 heterocycles. The second-order valence-electron chi connectivity index (χ2n) is 8.05. The van der Waals surface area contributed by atoms with Crippen molar-refractivity contribution in [3.05, 3.63) is 59.7 Å². The van der Waals surface area contributed by atoms with Crippen LogP contribution in [0.25, 0.3) is 5.78 Å². The molecule has 9 nitrogen and oxygen atoms in total. The SMILES string of the molecule is COc1ccc(CCNC(=O)[C@@H]2CN(C(=O)c3cn4cccnc4n3)CCN2C)cc1C. The number of carbonyl (C=O) groups excluding carboxylic acids is 2. The molecule has 2 amide bonds. The van der Waals surface area contributed by atoms with Crippen molar-refractivity contribution in [2.24, 2.45) is 0 Å². The van der Waals surface area contributed by atoms with Crippen LogP contribution in [0.4, 0.5) is 0 Å². The summed E-state index contributed by atoms with van der Waals surface area (Å²) in [5.74, 6) is 1.07. The summed E-state index contributed by atoms with van der Waals surface area (Å²) < 4.78 is 7.01. The summed E-state index contributed by atoms with van der Waals surface area (Å²) in [5.41, 5.74) is 2.54. The molecule has 9 heteroatoms. The van der Waals surface area contributed by atoms with Crippen LogP contribution in [0, 0.1) is 6.92 Å². The van der Waals surface area contributed by atoms with Gasteiger partial charge in [0.2, 0.25) is 11.7 Å². The Balaban J connectivity index is 1.35. The summed E-state index contributed by atoms with van der Waals surface area (Å²) in [6.07, 6.45) is 5.84. The fourth-order valence-corrected chi connectivity index (χ4v) is 3.98. The van der Waals surface area contributed by atoms with E-state index in [0.29, 0.717) is 37.7 Å². The molecule has 4 rings (SSSR count). The van der Waals surface area contributed by atoms with Crippen molar-refractivity contribution in [2.45, 2.75) is 19.4 Å². The number of rotatable bonds is 6. The third-order valence-electron chi connectivity index (χ3n) is 5.86. The number of nitrogens with one attached hydrogen (secondary N) is 1. The molecule has 0 saturated carbocycles. The molecule has 1 fully saturated rings. The number of fused-ring (bicyclic) bond motifs is 1. The van der Waals surface area contributed by atoms with Crippen molar-refractivity contribution in [3.63, 3.8) is 0 Å². The first-order chi connectivity index (χ1) is 15.5. The summed E-state index contributed by atoms with van der Waals surface area (Å²) in [6.45, 7) is 4.02. The van der Waals surface area contributed by atoms with Crippen LogP contribution in [-0.4, -0.2) is 82.4 Å². The number of benzene rings is 1. The van der Waals surface area contributed by atoms with Crippen LogP contribution in [0.2, 0.25) is 0 Å². The number of hydrogen-bond acceptors (Lipinski definition) is 6. The van der Waals surface area contributed by atoms with E-state index >= 15 is 0 Å². The summed E-state index contributed by atoms with van der Waals surface area (Å²) in [4.78, 5) is 38.0. The van der Waals surface area contributed by atoms with Crippen molar-refractivity contribution >= 4 is 17.6 Å². The maximum atomic E-state index is 13.0. The van der Waals surface area contributed by atoms with Crippen molar-refractivity contribution in [1.29, 1.82) is 0 Å². The highest BCUT2D eigenvalue weighted by atomic mass is 16.5. The largest absolute Gasteiger partial charge is 0.496 e. The minimum absolute atomic E-state index is 0.0769. The number of ether oxygens (including phenoxy) is 1. The second kappa shape index (κ2) is 9.35. The fourth-order valence-electron chi connectivity index (χ4n) is 3.98. The number of amides is 2. The molecule has 1 N–H and O–H groups in total. The van der Waals surface area contributed by atoms with Crippen LogP contribution in [0.1, 0.15) is 21.6 Å². The summed E-state index contributed by atoms with van der Waals surface area (Å²) in [7, 11) is 3.57. The van der Waals surface area contributed by atoms with Gasteiger partial charge in [-0.2, -0.15) is 0 Å². The van der Waals surface area contributed by atoms with E-state index in [4.69, 9.17) is 4.74 Å². The monoisotopic (exact) mass is 436 g/mol. The first kappa shape index (κ1) is 21.8. The number of aryl methyl sites for hydroxylation is 1. The van der Waals surface area contributed by atoms with Gasteiger partial charge in [0.15, 0.2) is 0 Å². The third kappa shape index (κ3) is 4.57. The van der Waals surface area contributed by atoms with E-state index in [1.165, 1.54) is 0 Å². The van der Waals surface area contributed by atoms with Crippen molar-refractivity contribution in [1.82, 2.24) is 29.5 Å². The average molecular weight is 437 g/mol. The van der Waals surface area contributed by atoms with E-state index in [9.17, 15) is 9.59 Å². The average Bonchev–Trinajstić information content (AvgIpc) is 3.23. The highest BCUT2D eigenvalue weighted by Gasteiger charge is 2.33. The van der Waals surface area contributed by atoms with Crippen LogP contribution in [-0.2, 0) is 11.2 Å². The minimum Gasteiger partial charge on any atom is -0.496 e. The van der Waals surface area contributed by atoms with Crippen molar-refractivity contribution < 1.29 is 14.3 Å². The number of hydrogen-bond donors (Lipinski definition) is 1. The predicted molar refractivity (Wildman–Crippen MR) is 120 cm³/mol. The molecular formula is C23H28N6O3. The van der Waals surface area contributed by atoms with Gasteiger partial charge in [-0.05, 0) is 43.7 Å². The quantitative estimate of drug-likeness (QED) is 0.624. The summed E-state index contributed by atoms with van der Waals surface area (Å²) in [6, 6.07) is 7.41. The zero-order chi connectivity index (χ0) is 22.7. The van der Waals surface area contributed by atoms with Gasteiger partial charge in [-0.25, -0.2) is 9.97 Å². The molecule has 168 valence electrons. The highest BCUT2D eigenvalue weighted by molar-refractivity contribution is 5.93. The normalized spacial score (nSPS) is 16.8. The van der Waals surface area contributed by atoms with Crippen LogP contribution >= 0.6 is 0 Å². The van der Waals surface area contributed by atoms with Crippen LogP contribution in [0.5, 0.6) is 5.75 Å². The van der Waals surface area contributed by atoms with Crippen LogP contribution in [0.3, 0.4) is 0 Å². The molecule has 0 radical (unpaired) electrons. The van der Waals surface area contributed by atoms with Crippen molar-refractivity contribution in [2.75, 3.05) is 40.3 Å². The number of methoxy groups -OCH3 is 1. The highest BCUT2D eigenvalue weighted by Crippen LogP contribution is 2.18. The topological polar surface area (TPSA) is 92.1 Å². The maximum Gasteiger partial charge on any atom is 0.274 e. The van der Waals surface area contributed by atoms with Crippen molar-refractivity contribution in [3.8, 4) is 5.75 Å². The van der Waals surface area contributed by atoms with Gasteiger partial charge < -0.3 is 15.0 Å². The van der Waals surface area contributed by atoms with E-state index in [1.807, 2.05) is 31.0 Å². The lowest BCUT2D eigenvalue weighted by Gasteiger charge is -2.38.